The fraction of sp³-hybridized carbons (Fsp3) is 0.519. The number of nitrogens with one attached hydrogen (secondary N) is 1. The molecule has 0 spiro atoms. The quantitative estimate of drug-likeness (QED) is 0.494. The number of likely N-dealkylation sites (tertiary alicyclic amines) is 1. The molecule has 6 rings (SSSR count). The van der Waals surface area contributed by atoms with Crippen LogP contribution in [0.4, 0.5) is 0 Å². The first-order valence-electron chi connectivity index (χ1n) is 12.6. The van der Waals surface area contributed by atoms with Crippen molar-refractivity contribution in [1.82, 2.24) is 19.6 Å². The Hall–Kier alpha value is -1.64. The highest BCUT2D eigenvalue weighted by Crippen LogP contribution is 2.35. The van der Waals surface area contributed by atoms with Crippen LogP contribution in [0, 0.1) is 6.92 Å². The van der Waals surface area contributed by atoms with E-state index in [1.807, 2.05) is 12.1 Å². The Kier molecular flexibility index (Phi) is 8.08. The Morgan fingerprint density at radius 2 is 1.58 bits per heavy atom. The van der Waals surface area contributed by atoms with E-state index in [1.54, 1.807) is 12.1 Å². The third kappa shape index (κ3) is 5.32. The topological polar surface area (TPSA) is 66.7 Å². The molecular weight excluding hydrogens is 515 g/mol. The minimum Gasteiger partial charge on any atom is -0.311 e. The van der Waals surface area contributed by atoms with Crippen LogP contribution in [0.15, 0.2) is 47.6 Å². The predicted octanol–water partition coefficient (Wildman–Crippen LogP) is 5.02. The van der Waals surface area contributed by atoms with Gasteiger partial charge in [-0.25, -0.2) is 13.4 Å². The first-order chi connectivity index (χ1) is 16.3. The molecular formula is C27H36Cl2N4O2S. The molecule has 3 aromatic rings. The second-order valence-corrected chi connectivity index (χ2v) is 12.7. The van der Waals surface area contributed by atoms with Crippen LogP contribution in [0.2, 0.25) is 0 Å². The molecule has 0 amide bonds. The van der Waals surface area contributed by atoms with E-state index in [9.17, 15) is 8.42 Å². The number of hydrogen-bond donors (Lipinski definition) is 1. The lowest BCUT2D eigenvalue weighted by molar-refractivity contribution is 0.111. The van der Waals surface area contributed by atoms with E-state index in [0.29, 0.717) is 10.8 Å². The van der Waals surface area contributed by atoms with Gasteiger partial charge in [-0.2, -0.15) is 0 Å². The van der Waals surface area contributed by atoms with Gasteiger partial charge in [0, 0.05) is 42.3 Å². The fourth-order valence-electron chi connectivity index (χ4n) is 6.45. The number of hydrogen-bond acceptors (Lipinski definition) is 5. The van der Waals surface area contributed by atoms with Gasteiger partial charge in [0.2, 0.25) is 0 Å². The second-order valence-electron chi connectivity index (χ2n) is 10.7. The van der Waals surface area contributed by atoms with Gasteiger partial charge in [-0.05, 0) is 87.7 Å². The van der Waals surface area contributed by atoms with Gasteiger partial charge in [-0.3, -0.25) is 0 Å². The molecule has 3 aliphatic heterocycles. The number of imidazole rings is 1. The smallest absolute Gasteiger partial charge is 0.175 e. The van der Waals surface area contributed by atoms with E-state index in [2.05, 4.69) is 40.0 Å². The molecule has 3 saturated heterocycles. The SMILES string of the molecule is Cc1cc(C2CCN(C3CC4CCC(C3)N4)CC2)cn2cc(-c3ccc(S(C)(=O)=O)cc3)nc12.Cl.Cl. The minimum atomic E-state index is -3.20. The maximum absolute atomic E-state index is 11.8. The Labute approximate surface area is 226 Å². The predicted molar refractivity (Wildman–Crippen MR) is 149 cm³/mol. The first kappa shape index (κ1) is 27.4. The van der Waals surface area contributed by atoms with Crippen LogP contribution in [0.3, 0.4) is 0 Å². The standard InChI is InChI=1S/C27H34N4O2S.2ClH/c1-18-13-21(19-9-11-30(12-10-19)24-14-22-5-6-23(15-24)28-22)16-31-17-26(29-27(18)31)20-3-7-25(8-4-20)34(2,32)33;;/h3-4,7-8,13,16-17,19,22-24,28H,5-6,9-12,14-15H2,1-2H3;2*1H. The van der Waals surface area contributed by atoms with Crippen molar-refractivity contribution in [3.8, 4) is 11.3 Å². The van der Waals surface area contributed by atoms with Crippen LogP contribution < -0.4 is 5.32 Å². The van der Waals surface area contributed by atoms with Crippen LogP contribution in [0.5, 0.6) is 0 Å². The summed E-state index contributed by atoms with van der Waals surface area (Å²) in [6.45, 7) is 4.55. The van der Waals surface area contributed by atoms with Crippen LogP contribution in [0.25, 0.3) is 16.9 Å². The lowest BCUT2D eigenvalue weighted by Gasteiger charge is -2.41. The second kappa shape index (κ2) is 10.6. The summed E-state index contributed by atoms with van der Waals surface area (Å²) in [7, 11) is -3.20. The Balaban J connectivity index is 0.00000152. The van der Waals surface area contributed by atoms with Crippen LogP contribution in [-0.2, 0) is 9.84 Å². The highest BCUT2D eigenvalue weighted by atomic mass is 35.5. The molecule has 2 aromatic heterocycles. The van der Waals surface area contributed by atoms with Crippen molar-refractivity contribution < 1.29 is 8.42 Å². The number of halogens is 2. The molecule has 2 atom stereocenters. The Bertz CT molecular complexity index is 1310. The van der Waals surface area contributed by atoms with Gasteiger partial charge in [0.25, 0.3) is 0 Å². The van der Waals surface area contributed by atoms with Gasteiger partial charge in [-0.1, -0.05) is 18.2 Å². The number of sulfone groups is 1. The van der Waals surface area contributed by atoms with E-state index in [-0.39, 0.29) is 24.8 Å². The van der Waals surface area contributed by atoms with E-state index in [1.165, 1.54) is 69.0 Å². The molecule has 3 aliphatic rings. The van der Waals surface area contributed by atoms with Crippen molar-refractivity contribution in [2.75, 3.05) is 19.3 Å². The molecule has 5 heterocycles. The number of pyridine rings is 1. The molecule has 1 N–H and O–H groups in total. The minimum absolute atomic E-state index is 0. The third-order valence-corrected chi connectivity index (χ3v) is 9.43. The van der Waals surface area contributed by atoms with E-state index < -0.39 is 9.84 Å². The van der Waals surface area contributed by atoms with Crippen LogP contribution >= 0.6 is 24.8 Å². The van der Waals surface area contributed by atoms with Crippen molar-refractivity contribution in [3.63, 3.8) is 0 Å². The summed E-state index contributed by atoms with van der Waals surface area (Å²) in [6, 6.07) is 11.6. The van der Waals surface area contributed by atoms with Gasteiger partial charge in [0.1, 0.15) is 5.65 Å². The zero-order valence-electron chi connectivity index (χ0n) is 20.9. The summed E-state index contributed by atoms with van der Waals surface area (Å²) in [5.41, 5.74) is 5.37. The van der Waals surface area contributed by atoms with Crippen molar-refractivity contribution in [1.29, 1.82) is 0 Å². The van der Waals surface area contributed by atoms with Gasteiger partial charge in [0.15, 0.2) is 9.84 Å². The summed E-state index contributed by atoms with van der Waals surface area (Å²) >= 11 is 0. The number of fused-ring (bicyclic) bond motifs is 3. The molecule has 2 bridgehead atoms. The highest BCUT2D eigenvalue weighted by molar-refractivity contribution is 7.90. The lowest BCUT2D eigenvalue weighted by Crippen LogP contribution is -2.50. The summed E-state index contributed by atoms with van der Waals surface area (Å²) in [5.74, 6) is 0.595. The number of aromatic nitrogens is 2. The molecule has 9 heteroatoms. The van der Waals surface area contributed by atoms with E-state index >= 15 is 0 Å². The summed E-state index contributed by atoms with van der Waals surface area (Å²) in [5, 5.41) is 3.78. The highest BCUT2D eigenvalue weighted by Gasteiger charge is 2.37. The molecule has 1 aromatic carbocycles. The monoisotopic (exact) mass is 550 g/mol. The number of rotatable bonds is 4. The van der Waals surface area contributed by atoms with Crippen LogP contribution in [-0.4, -0.2) is 60.2 Å². The summed E-state index contributed by atoms with van der Waals surface area (Å²) in [4.78, 5) is 7.96. The molecule has 36 heavy (non-hydrogen) atoms. The Morgan fingerprint density at radius 3 is 2.19 bits per heavy atom. The van der Waals surface area contributed by atoms with Crippen LogP contribution in [0.1, 0.15) is 55.6 Å². The molecule has 3 fully saturated rings. The largest absolute Gasteiger partial charge is 0.311 e. The molecule has 2 unspecified atom stereocenters. The molecule has 196 valence electrons. The van der Waals surface area contributed by atoms with Gasteiger partial charge < -0.3 is 14.6 Å². The van der Waals surface area contributed by atoms with Crippen molar-refractivity contribution in [2.24, 2.45) is 0 Å². The third-order valence-electron chi connectivity index (χ3n) is 8.30. The normalized spacial score (nSPS) is 24.9. The Morgan fingerprint density at radius 1 is 0.944 bits per heavy atom. The van der Waals surface area contributed by atoms with Gasteiger partial charge in [-0.15, -0.1) is 24.8 Å². The van der Waals surface area contributed by atoms with Gasteiger partial charge in [0.05, 0.1) is 10.6 Å². The van der Waals surface area contributed by atoms with Gasteiger partial charge >= 0.3 is 0 Å². The lowest BCUT2D eigenvalue weighted by atomic mass is 9.87. The summed E-state index contributed by atoms with van der Waals surface area (Å²) in [6.07, 6.45) is 13.4. The summed E-state index contributed by atoms with van der Waals surface area (Å²) < 4.78 is 25.7. The molecule has 6 nitrogen and oxygen atoms in total. The van der Waals surface area contributed by atoms with E-state index in [4.69, 9.17) is 4.98 Å². The number of benzene rings is 1. The zero-order valence-corrected chi connectivity index (χ0v) is 23.3. The van der Waals surface area contributed by atoms with Crippen molar-refractivity contribution >= 4 is 40.3 Å². The van der Waals surface area contributed by atoms with Crippen molar-refractivity contribution in [3.05, 3.63) is 53.9 Å². The fourth-order valence-corrected chi connectivity index (χ4v) is 7.09. The molecule has 0 saturated carbocycles. The van der Waals surface area contributed by atoms with Crippen molar-refractivity contribution in [2.45, 2.75) is 74.4 Å². The maximum atomic E-state index is 11.8. The first-order valence-corrected chi connectivity index (χ1v) is 14.5. The number of aryl methyl sites for hydroxylation is 1. The average molecular weight is 552 g/mol. The number of nitrogens with zero attached hydrogens (tertiary/aromatic N) is 3. The molecule has 0 aliphatic carbocycles. The zero-order chi connectivity index (χ0) is 23.4. The number of piperidine rings is 2. The average Bonchev–Trinajstić information content (AvgIpc) is 3.41. The van der Waals surface area contributed by atoms with E-state index in [0.717, 1.165) is 35.0 Å². The molecule has 0 radical (unpaired) electrons. The maximum Gasteiger partial charge on any atom is 0.175 e.